The topological polar surface area (TPSA) is 83.1 Å². The van der Waals surface area contributed by atoms with Crippen molar-refractivity contribution in [2.24, 2.45) is 0 Å². The van der Waals surface area contributed by atoms with Crippen LogP contribution in [0.1, 0.15) is 22.3 Å². The van der Waals surface area contributed by atoms with Gasteiger partial charge in [0.1, 0.15) is 5.75 Å². The molecule has 26 heavy (non-hydrogen) atoms. The van der Waals surface area contributed by atoms with Gasteiger partial charge in [0, 0.05) is 12.1 Å². The SMILES string of the molecule is COc1cc(C(=O)Oc2ccc3c(c2)CCC(=O)N3)cc(OC)c1OC. The molecule has 2 aromatic carbocycles. The number of carbonyl (C=O) groups excluding carboxylic acids is 2. The predicted octanol–water partition coefficient (Wildman–Crippen LogP) is 2.82. The lowest BCUT2D eigenvalue weighted by molar-refractivity contribution is -0.116. The summed E-state index contributed by atoms with van der Waals surface area (Å²) in [5, 5.41) is 2.79. The Kier molecular flexibility index (Phi) is 4.97. The van der Waals surface area contributed by atoms with Crippen molar-refractivity contribution in [3.05, 3.63) is 41.5 Å². The fourth-order valence-electron chi connectivity index (χ4n) is 2.79. The minimum Gasteiger partial charge on any atom is -0.493 e. The fourth-order valence-corrected chi connectivity index (χ4v) is 2.79. The lowest BCUT2D eigenvalue weighted by Crippen LogP contribution is -2.19. The summed E-state index contributed by atoms with van der Waals surface area (Å²) in [5.41, 5.74) is 1.94. The fraction of sp³-hybridized carbons (Fsp3) is 0.263. The maximum atomic E-state index is 12.5. The van der Waals surface area contributed by atoms with Gasteiger partial charge in [-0.2, -0.15) is 0 Å². The van der Waals surface area contributed by atoms with E-state index in [9.17, 15) is 9.59 Å². The number of methoxy groups -OCH3 is 3. The first kappa shape index (κ1) is 17.6. The van der Waals surface area contributed by atoms with E-state index in [4.69, 9.17) is 18.9 Å². The van der Waals surface area contributed by atoms with Crippen molar-refractivity contribution in [3.8, 4) is 23.0 Å². The zero-order valence-electron chi connectivity index (χ0n) is 14.8. The number of hydrogen-bond acceptors (Lipinski definition) is 6. The van der Waals surface area contributed by atoms with E-state index in [2.05, 4.69) is 5.32 Å². The van der Waals surface area contributed by atoms with Gasteiger partial charge in [-0.05, 0) is 42.3 Å². The average molecular weight is 357 g/mol. The van der Waals surface area contributed by atoms with Crippen LogP contribution in [0.25, 0.3) is 0 Å². The van der Waals surface area contributed by atoms with Crippen molar-refractivity contribution in [3.63, 3.8) is 0 Å². The number of fused-ring (bicyclic) bond motifs is 1. The molecule has 0 radical (unpaired) electrons. The van der Waals surface area contributed by atoms with Crippen LogP contribution in [0.4, 0.5) is 5.69 Å². The van der Waals surface area contributed by atoms with Crippen LogP contribution < -0.4 is 24.3 Å². The molecule has 0 atom stereocenters. The van der Waals surface area contributed by atoms with Gasteiger partial charge in [-0.1, -0.05) is 0 Å². The van der Waals surface area contributed by atoms with E-state index in [0.29, 0.717) is 35.8 Å². The Morgan fingerprint density at radius 2 is 1.65 bits per heavy atom. The van der Waals surface area contributed by atoms with E-state index < -0.39 is 5.97 Å². The maximum absolute atomic E-state index is 12.5. The highest BCUT2D eigenvalue weighted by Gasteiger charge is 2.20. The van der Waals surface area contributed by atoms with Crippen LogP contribution in [0, 0.1) is 0 Å². The third kappa shape index (κ3) is 3.42. The van der Waals surface area contributed by atoms with Crippen molar-refractivity contribution < 1.29 is 28.5 Å². The Bertz CT molecular complexity index is 836. The lowest BCUT2D eigenvalue weighted by atomic mass is 10.0. The summed E-state index contributed by atoms with van der Waals surface area (Å²) in [7, 11) is 4.44. The Hall–Kier alpha value is -3.22. The normalized spacial score (nSPS) is 12.7. The Labute approximate surface area is 150 Å². The molecule has 0 saturated heterocycles. The molecule has 3 rings (SSSR count). The van der Waals surface area contributed by atoms with Crippen LogP contribution in [-0.4, -0.2) is 33.2 Å². The molecule has 1 aliphatic heterocycles. The first-order chi connectivity index (χ1) is 12.5. The molecule has 0 fully saturated rings. The summed E-state index contributed by atoms with van der Waals surface area (Å²) in [6, 6.07) is 8.18. The van der Waals surface area contributed by atoms with Crippen molar-refractivity contribution in [1.82, 2.24) is 0 Å². The molecule has 0 aliphatic carbocycles. The third-order valence-electron chi connectivity index (χ3n) is 4.08. The van der Waals surface area contributed by atoms with Crippen LogP contribution in [0.5, 0.6) is 23.0 Å². The second-order valence-electron chi connectivity index (χ2n) is 5.67. The minimum atomic E-state index is -0.552. The predicted molar refractivity (Wildman–Crippen MR) is 94.4 cm³/mol. The third-order valence-corrected chi connectivity index (χ3v) is 4.08. The molecule has 0 unspecified atom stereocenters. The molecule has 136 valence electrons. The number of carbonyl (C=O) groups is 2. The van der Waals surface area contributed by atoms with Gasteiger partial charge in [-0.15, -0.1) is 0 Å². The van der Waals surface area contributed by atoms with Gasteiger partial charge in [0.25, 0.3) is 0 Å². The number of rotatable bonds is 5. The number of benzene rings is 2. The highest BCUT2D eigenvalue weighted by atomic mass is 16.5. The molecule has 0 spiro atoms. The zero-order chi connectivity index (χ0) is 18.7. The van der Waals surface area contributed by atoms with Crippen LogP contribution >= 0.6 is 0 Å². The smallest absolute Gasteiger partial charge is 0.343 e. The Morgan fingerprint density at radius 3 is 2.27 bits per heavy atom. The molecule has 2 aromatic rings. The van der Waals surface area contributed by atoms with Crippen LogP contribution in [0.3, 0.4) is 0 Å². The molecule has 1 amide bonds. The van der Waals surface area contributed by atoms with Gasteiger partial charge in [-0.25, -0.2) is 4.79 Å². The summed E-state index contributed by atoms with van der Waals surface area (Å²) in [6.07, 6.45) is 1.02. The number of esters is 1. The largest absolute Gasteiger partial charge is 0.493 e. The van der Waals surface area contributed by atoms with E-state index in [1.807, 2.05) is 0 Å². The Balaban J connectivity index is 1.85. The van der Waals surface area contributed by atoms with E-state index in [0.717, 1.165) is 11.3 Å². The molecule has 1 aliphatic rings. The number of amides is 1. The van der Waals surface area contributed by atoms with Crippen molar-refractivity contribution in [2.75, 3.05) is 26.6 Å². The number of aryl methyl sites for hydroxylation is 1. The number of ether oxygens (including phenoxy) is 4. The van der Waals surface area contributed by atoms with E-state index in [1.54, 1.807) is 18.2 Å². The number of anilines is 1. The van der Waals surface area contributed by atoms with Crippen molar-refractivity contribution >= 4 is 17.6 Å². The first-order valence-electron chi connectivity index (χ1n) is 8.00. The van der Waals surface area contributed by atoms with Gasteiger partial charge in [0.15, 0.2) is 11.5 Å². The second kappa shape index (κ2) is 7.35. The molecule has 7 heteroatoms. The molecule has 7 nitrogen and oxygen atoms in total. The summed E-state index contributed by atoms with van der Waals surface area (Å²) < 4.78 is 21.2. The van der Waals surface area contributed by atoms with Crippen LogP contribution in [0.2, 0.25) is 0 Å². The molecule has 0 saturated carbocycles. The van der Waals surface area contributed by atoms with E-state index >= 15 is 0 Å². The molecular formula is C19H19NO6. The van der Waals surface area contributed by atoms with Gasteiger partial charge in [0.05, 0.1) is 26.9 Å². The molecule has 0 bridgehead atoms. The van der Waals surface area contributed by atoms with E-state index in [-0.39, 0.29) is 11.5 Å². The highest BCUT2D eigenvalue weighted by Crippen LogP contribution is 2.38. The zero-order valence-corrected chi connectivity index (χ0v) is 14.8. The summed E-state index contributed by atoms with van der Waals surface area (Å²) in [5.74, 6) is 0.970. The van der Waals surface area contributed by atoms with Gasteiger partial charge in [-0.3, -0.25) is 4.79 Å². The first-order valence-corrected chi connectivity index (χ1v) is 8.00. The monoisotopic (exact) mass is 357 g/mol. The van der Waals surface area contributed by atoms with E-state index in [1.165, 1.54) is 33.5 Å². The van der Waals surface area contributed by atoms with Crippen molar-refractivity contribution in [1.29, 1.82) is 0 Å². The average Bonchev–Trinajstić information content (AvgIpc) is 2.66. The van der Waals surface area contributed by atoms with Gasteiger partial charge in [0.2, 0.25) is 11.7 Å². The number of nitrogens with one attached hydrogen (secondary N) is 1. The standard InChI is InChI=1S/C19H19NO6/c1-23-15-9-12(10-16(24-2)18(15)25-3)19(22)26-13-5-6-14-11(8-13)4-7-17(21)20-14/h5-6,8-10H,4,7H2,1-3H3,(H,20,21). The maximum Gasteiger partial charge on any atom is 0.343 e. The molecular weight excluding hydrogens is 338 g/mol. The molecule has 1 N–H and O–H groups in total. The summed E-state index contributed by atoms with van der Waals surface area (Å²) >= 11 is 0. The highest BCUT2D eigenvalue weighted by molar-refractivity contribution is 5.95. The van der Waals surface area contributed by atoms with Gasteiger partial charge < -0.3 is 24.3 Å². The Morgan fingerprint density at radius 1 is 0.962 bits per heavy atom. The van der Waals surface area contributed by atoms with Crippen molar-refractivity contribution in [2.45, 2.75) is 12.8 Å². The minimum absolute atomic E-state index is 0.0142. The van der Waals surface area contributed by atoms with Crippen LogP contribution in [0.15, 0.2) is 30.3 Å². The lowest BCUT2D eigenvalue weighted by Gasteiger charge is -2.17. The van der Waals surface area contributed by atoms with Crippen LogP contribution in [-0.2, 0) is 11.2 Å². The summed E-state index contributed by atoms with van der Waals surface area (Å²) in [4.78, 5) is 23.9. The molecule has 0 aromatic heterocycles. The summed E-state index contributed by atoms with van der Waals surface area (Å²) in [6.45, 7) is 0. The van der Waals surface area contributed by atoms with Gasteiger partial charge >= 0.3 is 5.97 Å². The molecule has 1 heterocycles. The quantitative estimate of drug-likeness (QED) is 0.654. The number of hydrogen-bond donors (Lipinski definition) is 1. The second-order valence-corrected chi connectivity index (χ2v) is 5.67.